The summed E-state index contributed by atoms with van der Waals surface area (Å²) in [5, 5.41) is 0. The zero-order chi connectivity index (χ0) is 7.98. The smallest absolute Gasteiger partial charge is 0.367 e. The molecular formula is C6H4F2O2. The van der Waals surface area contributed by atoms with Gasteiger partial charge < -0.3 is 4.74 Å². The van der Waals surface area contributed by atoms with E-state index in [2.05, 4.69) is 11.3 Å². The van der Waals surface area contributed by atoms with Crippen LogP contribution in [0.3, 0.4) is 0 Å². The minimum absolute atomic E-state index is 0.460. The van der Waals surface area contributed by atoms with Crippen molar-refractivity contribution in [1.82, 2.24) is 0 Å². The zero-order valence-electron chi connectivity index (χ0n) is 4.99. The maximum absolute atomic E-state index is 11.7. The maximum Gasteiger partial charge on any atom is 0.367 e. The van der Waals surface area contributed by atoms with Gasteiger partial charge in [-0.15, -0.1) is 4.39 Å². The molecule has 4 heteroatoms. The Bertz CT molecular complexity index is 200. The summed E-state index contributed by atoms with van der Waals surface area (Å²) >= 11 is 0. The Labute approximate surface area is 56.5 Å². The van der Waals surface area contributed by atoms with Gasteiger partial charge in [-0.1, -0.05) is 6.58 Å². The van der Waals surface area contributed by atoms with Crippen molar-refractivity contribution in [3.63, 3.8) is 0 Å². The number of hydrogen-bond acceptors (Lipinski definition) is 2. The van der Waals surface area contributed by atoms with E-state index in [0.29, 0.717) is 0 Å². The molecule has 0 fully saturated rings. The van der Waals surface area contributed by atoms with Crippen molar-refractivity contribution >= 4 is 5.97 Å². The first-order chi connectivity index (χ1) is 4.68. The molecule has 10 heavy (non-hydrogen) atoms. The summed E-state index contributed by atoms with van der Waals surface area (Å²) in [5.41, 5.74) is 0. The monoisotopic (exact) mass is 146 g/mol. The summed E-state index contributed by atoms with van der Waals surface area (Å²) in [6.45, 7) is 2.19. The van der Waals surface area contributed by atoms with E-state index in [4.69, 9.17) is 0 Å². The van der Waals surface area contributed by atoms with Crippen molar-refractivity contribution in [1.29, 1.82) is 0 Å². The Hall–Kier alpha value is -1.37. The average molecular weight is 146 g/mol. The fourth-order valence-corrected chi connectivity index (χ4v) is 0.207. The van der Waals surface area contributed by atoms with Crippen LogP contribution in [0.2, 0.25) is 0 Å². The number of carbonyl (C=O) groups excluding carboxylic acids is 1. The van der Waals surface area contributed by atoms with Crippen LogP contribution in [-0.4, -0.2) is 12.6 Å². The molecule has 0 aromatic rings. The molecule has 0 saturated heterocycles. The van der Waals surface area contributed by atoms with Crippen LogP contribution in [0.4, 0.5) is 8.78 Å². The second kappa shape index (κ2) is 4.50. The molecule has 0 bridgehead atoms. The van der Waals surface area contributed by atoms with Gasteiger partial charge in [0.15, 0.2) is 6.61 Å². The first-order valence-corrected chi connectivity index (χ1v) is 2.28. The standard InChI is InChI=1S/C6H4F2O2/c1-5(8)6(9)10-4-2-3-7/h1,4H2. The molecule has 0 amide bonds. The van der Waals surface area contributed by atoms with Crippen LogP contribution in [0, 0.1) is 12.1 Å². The molecule has 0 atom stereocenters. The molecule has 0 saturated carbocycles. The number of hydrogen-bond donors (Lipinski definition) is 0. The van der Waals surface area contributed by atoms with E-state index in [1.165, 1.54) is 0 Å². The third kappa shape index (κ3) is 3.61. The normalized spacial score (nSPS) is 7.40. The first kappa shape index (κ1) is 8.63. The molecule has 0 aliphatic carbocycles. The van der Waals surface area contributed by atoms with E-state index in [0.717, 1.165) is 6.17 Å². The lowest BCUT2D eigenvalue weighted by Crippen LogP contribution is -2.03. The molecule has 0 aromatic carbocycles. The van der Waals surface area contributed by atoms with Crippen molar-refractivity contribution in [2.75, 3.05) is 6.61 Å². The number of esters is 1. The van der Waals surface area contributed by atoms with Crippen molar-refractivity contribution in [3.05, 3.63) is 12.4 Å². The fraction of sp³-hybridized carbons (Fsp3) is 0.167. The van der Waals surface area contributed by atoms with Gasteiger partial charge in [0.1, 0.15) is 6.17 Å². The lowest BCUT2D eigenvalue weighted by molar-refractivity contribution is -0.139. The highest BCUT2D eigenvalue weighted by Gasteiger charge is 2.04. The molecular weight excluding hydrogens is 142 g/mol. The lowest BCUT2D eigenvalue weighted by Gasteiger charge is -1.93. The van der Waals surface area contributed by atoms with Gasteiger partial charge in [-0.05, 0) is 5.92 Å². The quantitative estimate of drug-likeness (QED) is 0.329. The van der Waals surface area contributed by atoms with Crippen molar-refractivity contribution < 1.29 is 18.3 Å². The van der Waals surface area contributed by atoms with E-state index in [9.17, 15) is 13.6 Å². The SMILES string of the molecule is C=C(F)C(=O)OCC#CF. The molecule has 0 heterocycles. The van der Waals surface area contributed by atoms with Gasteiger partial charge in [-0.2, -0.15) is 4.39 Å². The van der Waals surface area contributed by atoms with Gasteiger partial charge in [0.05, 0.1) is 0 Å². The summed E-state index contributed by atoms with van der Waals surface area (Å²) in [6, 6.07) is 0. The second-order valence-corrected chi connectivity index (χ2v) is 1.25. The summed E-state index contributed by atoms with van der Waals surface area (Å²) < 4.78 is 26.7. The first-order valence-electron chi connectivity index (χ1n) is 2.28. The lowest BCUT2D eigenvalue weighted by atomic mass is 10.6. The average Bonchev–Trinajstić information content (AvgIpc) is 1.88. The predicted molar refractivity (Wildman–Crippen MR) is 30.1 cm³/mol. The minimum atomic E-state index is -1.22. The number of ether oxygens (including phenoxy) is 1. The summed E-state index contributed by atoms with van der Waals surface area (Å²) in [4.78, 5) is 10.1. The second-order valence-electron chi connectivity index (χ2n) is 1.25. The molecule has 0 radical (unpaired) electrons. The Kier molecular flexibility index (Phi) is 3.89. The van der Waals surface area contributed by atoms with Crippen LogP contribution in [-0.2, 0) is 9.53 Å². The third-order valence-electron chi connectivity index (χ3n) is 0.564. The van der Waals surface area contributed by atoms with Gasteiger partial charge in [-0.25, -0.2) is 4.79 Å². The molecule has 2 nitrogen and oxygen atoms in total. The molecule has 0 spiro atoms. The number of rotatable bonds is 2. The van der Waals surface area contributed by atoms with E-state index in [1.54, 1.807) is 5.92 Å². The molecule has 0 aliphatic rings. The molecule has 0 aliphatic heterocycles. The van der Waals surface area contributed by atoms with Gasteiger partial charge in [0.2, 0.25) is 5.83 Å². The van der Waals surface area contributed by atoms with Crippen LogP contribution in [0.15, 0.2) is 12.4 Å². The Balaban J connectivity index is 3.57. The van der Waals surface area contributed by atoms with E-state index >= 15 is 0 Å². The largest absolute Gasteiger partial charge is 0.447 e. The predicted octanol–water partition coefficient (Wildman–Crippen LogP) is 0.943. The van der Waals surface area contributed by atoms with Gasteiger partial charge in [0.25, 0.3) is 0 Å². The summed E-state index contributed by atoms with van der Waals surface area (Å²) in [7, 11) is 0. The van der Waals surface area contributed by atoms with Gasteiger partial charge in [0, 0.05) is 0 Å². The van der Waals surface area contributed by atoms with Crippen LogP contribution >= 0.6 is 0 Å². The van der Waals surface area contributed by atoms with Crippen LogP contribution in [0.1, 0.15) is 0 Å². The summed E-state index contributed by atoms with van der Waals surface area (Å²) in [5.74, 6) is -0.675. The highest BCUT2D eigenvalue weighted by Crippen LogP contribution is 1.93. The van der Waals surface area contributed by atoms with Crippen LogP contribution < -0.4 is 0 Å². The fourth-order valence-electron chi connectivity index (χ4n) is 0.207. The van der Waals surface area contributed by atoms with Crippen LogP contribution in [0.25, 0.3) is 0 Å². The molecule has 54 valence electrons. The minimum Gasteiger partial charge on any atom is -0.447 e. The molecule has 0 aromatic heterocycles. The number of carbonyl (C=O) groups is 1. The van der Waals surface area contributed by atoms with Crippen molar-refractivity contribution in [3.8, 4) is 12.1 Å². The van der Waals surface area contributed by atoms with Crippen molar-refractivity contribution in [2.45, 2.75) is 0 Å². The molecule has 0 unspecified atom stereocenters. The molecule has 0 rings (SSSR count). The van der Waals surface area contributed by atoms with Gasteiger partial charge >= 0.3 is 5.97 Å². The highest BCUT2D eigenvalue weighted by atomic mass is 19.1. The maximum atomic E-state index is 11.7. The third-order valence-corrected chi connectivity index (χ3v) is 0.564. The highest BCUT2D eigenvalue weighted by molar-refractivity contribution is 5.85. The molecule has 0 N–H and O–H groups in total. The van der Waals surface area contributed by atoms with E-state index < -0.39 is 18.4 Å². The zero-order valence-corrected chi connectivity index (χ0v) is 4.99. The Morgan fingerprint density at radius 1 is 1.70 bits per heavy atom. The Morgan fingerprint density at radius 3 is 2.70 bits per heavy atom. The Morgan fingerprint density at radius 2 is 2.30 bits per heavy atom. The van der Waals surface area contributed by atoms with E-state index in [-0.39, 0.29) is 0 Å². The number of halogens is 2. The van der Waals surface area contributed by atoms with E-state index in [1.807, 2.05) is 0 Å². The van der Waals surface area contributed by atoms with Crippen molar-refractivity contribution in [2.24, 2.45) is 0 Å². The van der Waals surface area contributed by atoms with Gasteiger partial charge in [-0.3, -0.25) is 0 Å². The summed E-state index contributed by atoms with van der Waals surface area (Å²) in [6.07, 6.45) is 0.983. The van der Waals surface area contributed by atoms with Crippen LogP contribution in [0.5, 0.6) is 0 Å². The topological polar surface area (TPSA) is 26.3 Å².